The number of ether oxygens (including phenoxy) is 2. The first-order chi connectivity index (χ1) is 18.5. The van der Waals surface area contributed by atoms with Gasteiger partial charge in [0.2, 0.25) is 5.91 Å². The molecule has 1 saturated heterocycles. The van der Waals surface area contributed by atoms with Gasteiger partial charge in [-0.25, -0.2) is 0 Å². The molecule has 1 fully saturated rings. The number of para-hydroxylation sites is 1. The van der Waals surface area contributed by atoms with Crippen LogP contribution in [0.5, 0.6) is 11.5 Å². The Kier molecular flexibility index (Phi) is 7.17. The second-order valence-corrected chi connectivity index (χ2v) is 9.30. The first-order valence-electron chi connectivity index (χ1n) is 12.5. The first-order valence-corrected chi connectivity index (χ1v) is 12.5. The zero-order valence-electron chi connectivity index (χ0n) is 21.4. The van der Waals surface area contributed by atoms with E-state index in [1.54, 1.807) is 26.4 Å². The Bertz CT molecular complexity index is 1440. The zero-order chi connectivity index (χ0) is 26.6. The fraction of sp³-hybridized carbons (Fsp3) is 0.276. The number of nitro benzene ring substituents is 1. The molecule has 1 aliphatic rings. The molecule has 9 heteroatoms. The van der Waals surface area contributed by atoms with Gasteiger partial charge >= 0.3 is 0 Å². The Morgan fingerprint density at radius 1 is 0.974 bits per heavy atom. The summed E-state index contributed by atoms with van der Waals surface area (Å²) in [6, 6.07) is 20.5. The van der Waals surface area contributed by atoms with E-state index < -0.39 is 4.92 Å². The van der Waals surface area contributed by atoms with Crippen LogP contribution >= 0.6 is 0 Å². The number of carbonyl (C=O) groups excluding carboxylic acids is 1. The lowest BCUT2D eigenvalue weighted by molar-refractivity contribution is -0.384. The number of piperazine rings is 1. The highest BCUT2D eigenvalue weighted by Crippen LogP contribution is 2.38. The van der Waals surface area contributed by atoms with E-state index in [2.05, 4.69) is 16.0 Å². The Morgan fingerprint density at radius 3 is 2.37 bits per heavy atom. The van der Waals surface area contributed by atoms with Crippen LogP contribution in [0.3, 0.4) is 0 Å². The molecule has 1 aliphatic heterocycles. The number of carbonyl (C=O) groups is 1. The van der Waals surface area contributed by atoms with Crippen molar-refractivity contribution in [2.75, 3.05) is 45.3 Å². The molecule has 0 spiro atoms. The monoisotopic (exact) mass is 514 g/mol. The zero-order valence-corrected chi connectivity index (χ0v) is 21.4. The van der Waals surface area contributed by atoms with E-state index in [1.165, 1.54) is 12.1 Å². The standard InChI is InChI=1S/C29H30N4O5/c1-37-27-12-7-20(17-28(27)38-2)24(25-19-30-26-6-4-3-5-23(25)26)18-29(34)32-15-13-31(14-16-32)21-8-10-22(11-9-21)33(35)36/h3-12,17,19,24,30H,13-16,18H2,1-2H3/t24-/m0/s1. The molecule has 9 nitrogen and oxygen atoms in total. The van der Waals surface area contributed by atoms with Gasteiger partial charge in [-0.1, -0.05) is 24.3 Å². The van der Waals surface area contributed by atoms with Gasteiger partial charge in [0.15, 0.2) is 11.5 Å². The van der Waals surface area contributed by atoms with E-state index in [9.17, 15) is 14.9 Å². The van der Waals surface area contributed by atoms with Crippen LogP contribution in [0.15, 0.2) is 72.9 Å². The minimum absolute atomic E-state index is 0.0704. The van der Waals surface area contributed by atoms with Crippen molar-refractivity contribution in [2.45, 2.75) is 12.3 Å². The Hall–Kier alpha value is -4.53. The van der Waals surface area contributed by atoms with E-state index in [0.29, 0.717) is 44.1 Å². The second-order valence-electron chi connectivity index (χ2n) is 9.30. The summed E-state index contributed by atoms with van der Waals surface area (Å²) >= 11 is 0. The highest BCUT2D eigenvalue weighted by molar-refractivity contribution is 5.86. The maximum atomic E-state index is 13.6. The van der Waals surface area contributed by atoms with Crippen molar-refractivity contribution >= 4 is 28.2 Å². The lowest BCUT2D eigenvalue weighted by atomic mass is 9.87. The smallest absolute Gasteiger partial charge is 0.269 e. The van der Waals surface area contributed by atoms with Crippen LogP contribution < -0.4 is 14.4 Å². The molecule has 1 N–H and O–H groups in total. The molecule has 38 heavy (non-hydrogen) atoms. The third-order valence-corrected chi connectivity index (χ3v) is 7.24. The van der Waals surface area contributed by atoms with E-state index in [1.807, 2.05) is 47.5 Å². The van der Waals surface area contributed by atoms with Crippen LogP contribution in [-0.2, 0) is 4.79 Å². The van der Waals surface area contributed by atoms with Crippen molar-refractivity contribution in [3.63, 3.8) is 0 Å². The van der Waals surface area contributed by atoms with Gasteiger partial charge in [0, 0.05) is 73.4 Å². The van der Waals surface area contributed by atoms with Crippen molar-refractivity contribution < 1.29 is 19.2 Å². The molecule has 3 aromatic carbocycles. The normalized spacial score (nSPS) is 14.4. The second kappa shape index (κ2) is 10.8. The first kappa shape index (κ1) is 25.1. The largest absolute Gasteiger partial charge is 0.493 e. The number of hydrogen-bond donors (Lipinski definition) is 1. The number of non-ortho nitro benzene ring substituents is 1. The van der Waals surface area contributed by atoms with Gasteiger partial charge in [-0.2, -0.15) is 0 Å². The summed E-state index contributed by atoms with van der Waals surface area (Å²) in [5, 5.41) is 12.0. The molecule has 4 aromatic rings. The van der Waals surface area contributed by atoms with Gasteiger partial charge in [0.05, 0.1) is 19.1 Å². The molecule has 0 radical (unpaired) electrons. The Labute approximate surface area is 220 Å². The molecule has 0 bridgehead atoms. The predicted molar refractivity (Wildman–Crippen MR) is 146 cm³/mol. The summed E-state index contributed by atoms with van der Waals surface area (Å²) in [5.74, 6) is 1.17. The van der Waals surface area contributed by atoms with Gasteiger partial charge in [-0.3, -0.25) is 14.9 Å². The lowest BCUT2D eigenvalue weighted by Gasteiger charge is -2.36. The summed E-state index contributed by atoms with van der Waals surface area (Å²) < 4.78 is 11.0. The maximum Gasteiger partial charge on any atom is 0.269 e. The fourth-order valence-corrected chi connectivity index (χ4v) is 5.16. The lowest BCUT2D eigenvalue weighted by Crippen LogP contribution is -2.49. The number of amides is 1. The third kappa shape index (κ3) is 5.00. The number of H-pyrrole nitrogens is 1. The molecule has 0 unspecified atom stereocenters. The number of benzene rings is 3. The van der Waals surface area contributed by atoms with Gasteiger partial charge < -0.3 is 24.3 Å². The number of nitrogens with zero attached hydrogens (tertiary/aromatic N) is 3. The van der Waals surface area contributed by atoms with Gasteiger partial charge in [0.1, 0.15) is 0 Å². The number of nitrogens with one attached hydrogen (secondary N) is 1. The average Bonchev–Trinajstić information content (AvgIpc) is 3.39. The van der Waals surface area contributed by atoms with Crippen LogP contribution in [0.1, 0.15) is 23.5 Å². The summed E-state index contributed by atoms with van der Waals surface area (Å²) in [4.78, 5) is 31.6. The molecule has 0 saturated carbocycles. The number of methoxy groups -OCH3 is 2. The highest BCUT2D eigenvalue weighted by atomic mass is 16.6. The molecule has 2 heterocycles. The van der Waals surface area contributed by atoms with Crippen molar-refractivity contribution in [3.05, 3.63) is 94.2 Å². The van der Waals surface area contributed by atoms with Crippen LogP contribution in [0.25, 0.3) is 10.9 Å². The SMILES string of the molecule is COc1ccc([C@H](CC(=O)N2CCN(c3ccc([N+](=O)[O-])cc3)CC2)c2c[nH]c3ccccc23)cc1OC. The average molecular weight is 515 g/mol. The van der Waals surface area contributed by atoms with Crippen molar-refractivity contribution in [3.8, 4) is 11.5 Å². The quantitative estimate of drug-likeness (QED) is 0.263. The molecule has 1 aromatic heterocycles. The van der Waals surface area contributed by atoms with Crippen molar-refractivity contribution in [2.24, 2.45) is 0 Å². The van der Waals surface area contributed by atoms with E-state index in [-0.39, 0.29) is 17.5 Å². The third-order valence-electron chi connectivity index (χ3n) is 7.24. The number of rotatable bonds is 8. The van der Waals surface area contributed by atoms with E-state index in [0.717, 1.165) is 27.7 Å². The topological polar surface area (TPSA) is 101 Å². The molecule has 196 valence electrons. The van der Waals surface area contributed by atoms with Crippen LogP contribution in [0.4, 0.5) is 11.4 Å². The van der Waals surface area contributed by atoms with Gasteiger partial charge in [-0.15, -0.1) is 0 Å². The summed E-state index contributed by atoms with van der Waals surface area (Å²) in [5.41, 5.74) is 4.05. The maximum absolute atomic E-state index is 13.6. The van der Waals surface area contributed by atoms with E-state index >= 15 is 0 Å². The minimum atomic E-state index is -0.400. The number of anilines is 1. The van der Waals surface area contributed by atoms with Crippen LogP contribution in [0.2, 0.25) is 0 Å². The molecular weight excluding hydrogens is 484 g/mol. The number of nitro groups is 1. The molecular formula is C29H30N4O5. The number of hydrogen-bond acceptors (Lipinski definition) is 6. The van der Waals surface area contributed by atoms with Crippen molar-refractivity contribution in [1.29, 1.82) is 0 Å². The fourth-order valence-electron chi connectivity index (χ4n) is 5.16. The highest BCUT2D eigenvalue weighted by Gasteiger charge is 2.27. The Morgan fingerprint density at radius 2 is 1.68 bits per heavy atom. The number of aromatic nitrogens is 1. The van der Waals surface area contributed by atoms with Crippen LogP contribution in [0, 0.1) is 10.1 Å². The van der Waals surface area contributed by atoms with Gasteiger partial charge in [0.25, 0.3) is 5.69 Å². The molecule has 1 atom stereocenters. The predicted octanol–water partition coefficient (Wildman–Crippen LogP) is 4.96. The summed E-state index contributed by atoms with van der Waals surface area (Å²) in [6.07, 6.45) is 2.31. The van der Waals surface area contributed by atoms with Crippen molar-refractivity contribution in [1.82, 2.24) is 9.88 Å². The van der Waals surface area contributed by atoms with Crippen LogP contribution in [-0.4, -0.2) is 61.1 Å². The molecule has 0 aliphatic carbocycles. The molecule has 5 rings (SSSR count). The summed E-state index contributed by atoms with van der Waals surface area (Å²) in [6.45, 7) is 2.50. The van der Waals surface area contributed by atoms with Gasteiger partial charge in [-0.05, 0) is 41.5 Å². The van der Waals surface area contributed by atoms with E-state index in [4.69, 9.17) is 9.47 Å². The minimum Gasteiger partial charge on any atom is -0.493 e. The number of fused-ring (bicyclic) bond motifs is 1. The Balaban J connectivity index is 1.36. The molecule has 1 amide bonds. The summed E-state index contributed by atoms with van der Waals surface area (Å²) in [7, 11) is 3.21. The number of aromatic amines is 1.